The Morgan fingerprint density at radius 3 is 2.29 bits per heavy atom. The van der Waals surface area contributed by atoms with Gasteiger partial charge in [0.25, 0.3) is 0 Å². The van der Waals surface area contributed by atoms with Gasteiger partial charge in [-0.15, -0.1) is 0 Å². The summed E-state index contributed by atoms with van der Waals surface area (Å²) in [6, 6.07) is 1.96. The van der Waals surface area contributed by atoms with E-state index in [1.807, 2.05) is 0 Å². The molecule has 2 amide bonds. The second-order valence-corrected chi connectivity index (χ2v) is 5.42. The largest absolute Gasteiger partial charge is 0.478 e. The van der Waals surface area contributed by atoms with E-state index >= 15 is 0 Å². The average Bonchev–Trinajstić information content (AvgIpc) is 2.39. The molecule has 1 unspecified atom stereocenters. The molecule has 0 heterocycles. The Labute approximate surface area is 132 Å². The Bertz CT molecular complexity index is 526. The van der Waals surface area contributed by atoms with Crippen molar-refractivity contribution in [2.45, 2.75) is 19.4 Å². The molecule has 1 atom stereocenters. The number of halogens is 2. The molecule has 0 aromatic heterocycles. The molecule has 0 bridgehead atoms. The Balaban J connectivity index is 2.83. The summed E-state index contributed by atoms with van der Waals surface area (Å²) in [5, 5.41) is 20.7. The summed E-state index contributed by atoms with van der Waals surface area (Å²) in [5.74, 6) is -1.16. The third-order valence-electron chi connectivity index (χ3n) is 2.75. The number of benzene rings is 1. The van der Waals surface area contributed by atoms with Crippen LogP contribution in [0.3, 0.4) is 0 Å². The minimum Gasteiger partial charge on any atom is -0.478 e. The summed E-state index contributed by atoms with van der Waals surface area (Å²) >= 11 is 11.9. The van der Waals surface area contributed by atoms with Gasteiger partial charge in [-0.2, -0.15) is 0 Å². The van der Waals surface area contributed by atoms with Crippen molar-refractivity contribution in [3.05, 3.63) is 27.7 Å². The van der Waals surface area contributed by atoms with Gasteiger partial charge in [0.1, 0.15) is 0 Å². The Hall–Kier alpha value is -1.50. The maximum absolute atomic E-state index is 11.9. The molecule has 1 rings (SSSR count). The molecule has 0 aliphatic heterocycles. The van der Waals surface area contributed by atoms with Crippen LogP contribution < -0.4 is 5.32 Å². The van der Waals surface area contributed by atoms with Crippen molar-refractivity contribution in [1.82, 2.24) is 4.90 Å². The van der Waals surface area contributed by atoms with Crippen molar-refractivity contribution in [1.29, 1.82) is 0 Å². The van der Waals surface area contributed by atoms with Gasteiger partial charge in [0.15, 0.2) is 0 Å². The van der Waals surface area contributed by atoms with Gasteiger partial charge < -0.3 is 20.4 Å². The van der Waals surface area contributed by atoms with Crippen molar-refractivity contribution < 1.29 is 19.8 Å². The molecule has 0 aliphatic carbocycles. The fraction of sp³-hybridized carbons (Fsp3) is 0.385. The molecule has 21 heavy (non-hydrogen) atoms. The van der Waals surface area contributed by atoms with Crippen LogP contribution in [0.5, 0.6) is 0 Å². The first-order valence-electron chi connectivity index (χ1n) is 6.15. The van der Waals surface area contributed by atoms with E-state index in [1.165, 1.54) is 17.0 Å². The summed E-state index contributed by atoms with van der Waals surface area (Å²) in [5.41, 5.74) is 0.0858. The number of aromatic carboxylic acids is 1. The smallest absolute Gasteiger partial charge is 0.335 e. The molecule has 1 aromatic rings. The number of nitrogens with zero attached hydrogens (tertiary/aromatic N) is 1. The molecule has 0 aliphatic rings. The number of carboxylic acids is 1. The first-order chi connectivity index (χ1) is 9.72. The summed E-state index contributed by atoms with van der Waals surface area (Å²) in [6.45, 7) is 1.98. The predicted molar refractivity (Wildman–Crippen MR) is 81.4 cm³/mol. The number of urea groups is 1. The number of carboxylic acid groups (broad SMARTS) is 1. The lowest BCUT2D eigenvalue weighted by atomic mass is 10.2. The van der Waals surface area contributed by atoms with Crippen LogP contribution in [0.1, 0.15) is 23.7 Å². The third kappa shape index (κ3) is 5.08. The normalized spacial score (nSPS) is 11.9. The van der Waals surface area contributed by atoms with Gasteiger partial charge in [-0.25, -0.2) is 9.59 Å². The number of carbonyl (C=O) groups excluding carboxylic acids is 1. The minimum absolute atomic E-state index is 0.0391. The fourth-order valence-electron chi connectivity index (χ4n) is 1.50. The van der Waals surface area contributed by atoms with Crippen LogP contribution in [-0.2, 0) is 0 Å². The molecule has 116 valence electrons. The number of anilines is 1. The number of hydrogen-bond acceptors (Lipinski definition) is 3. The van der Waals surface area contributed by atoms with Crippen molar-refractivity contribution in [2.75, 3.05) is 18.9 Å². The highest BCUT2D eigenvalue weighted by Gasteiger charge is 2.16. The Morgan fingerprint density at radius 1 is 1.33 bits per heavy atom. The first kappa shape index (κ1) is 17.6. The van der Waals surface area contributed by atoms with E-state index in [0.717, 1.165) is 0 Å². The van der Waals surface area contributed by atoms with Gasteiger partial charge in [0, 0.05) is 13.6 Å². The van der Waals surface area contributed by atoms with Gasteiger partial charge in [-0.1, -0.05) is 23.2 Å². The van der Waals surface area contributed by atoms with Crippen LogP contribution in [0.25, 0.3) is 0 Å². The molecule has 0 saturated carbocycles. The lowest BCUT2D eigenvalue weighted by molar-refractivity contribution is 0.0697. The van der Waals surface area contributed by atoms with Crippen LogP contribution in [0.4, 0.5) is 10.5 Å². The fourth-order valence-corrected chi connectivity index (χ4v) is 2.08. The van der Waals surface area contributed by atoms with Crippen molar-refractivity contribution in [3.8, 4) is 0 Å². The van der Waals surface area contributed by atoms with Gasteiger partial charge >= 0.3 is 12.0 Å². The van der Waals surface area contributed by atoms with Crippen molar-refractivity contribution in [2.24, 2.45) is 0 Å². The molecule has 1 aromatic carbocycles. The molecule has 3 N–H and O–H groups in total. The van der Waals surface area contributed by atoms with E-state index in [0.29, 0.717) is 13.0 Å². The van der Waals surface area contributed by atoms with Gasteiger partial charge in [0.2, 0.25) is 0 Å². The topological polar surface area (TPSA) is 89.9 Å². The van der Waals surface area contributed by atoms with Crippen LogP contribution >= 0.6 is 23.2 Å². The SMILES string of the molecule is CC(O)CCN(C)C(=O)Nc1c(Cl)cc(C(=O)O)cc1Cl. The summed E-state index contributed by atoms with van der Waals surface area (Å²) < 4.78 is 0. The van der Waals surface area contributed by atoms with Crippen molar-refractivity contribution in [3.63, 3.8) is 0 Å². The number of hydrogen-bond donors (Lipinski definition) is 3. The van der Waals surface area contributed by atoms with Crippen LogP contribution in [0, 0.1) is 0 Å². The molecule has 0 saturated heterocycles. The summed E-state index contributed by atoms with van der Waals surface area (Å²) in [4.78, 5) is 24.2. The molecule has 0 radical (unpaired) electrons. The Kier molecular flexibility index (Phi) is 6.26. The number of rotatable bonds is 5. The maximum atomic E-state index is 11.9. The first-order valence-corrected chi connectivity index (χ1v) is 6.90. The zero-order chi connectivity index (χ0) is 16.2. The van der Waals surface area contributed by atoms with Gasteiger partial charge in [0.05, 0.1) is 27.4 Å². The second kappa shape index (κ2) is 7.49. The highest BCUT2D eigenvalue weighted by Crippen LogP contribution is 2.32. The van der Waals surface area contributed by atoms with Crippen LogP contribution in [0.15, 0.2) is 12.1 Å². The van der Waals surface area contributed by atoms with E-state index in [2.05, 4.69) is 5.32 Å². The number of nitrogens with one attached hydrogen (secondary N) is 1. The number of aliphatic hydroxyl groups excluding tert-OH is 1. The quantitative estimate of drug-likeness (QED) is 0.772. The standard InChI is InChI=1S/C13H16Cl2N2O4/c1-7(18)3-4-17(2)13(21)16-11-9(14)5-8(12(19)20)6-10(11)15/h5-7,18H,3-4H2,1-2H3,(H,16,21)(H,19,20). The molecule has 0 fully saturated rings. The third-order valence-corrected chi connectivity index (χ3v) is 3.35. The molecule has 6 nitrogen and oxygen atoms in total. The number of carbonyl (C=O) groups is 2. The van der Waals surface area contributed by atoms with E-state index in [-0.39, 0.29) is 21.3 Å². The Morgan fingerprint density at radius 2 is 1.86 bits per heavy atom. The molecule has 0 spiro atoms. The lowest BCUT2D eigenvalue weighted by Crippen LogP contribution is -2.33. The van der Waals surface area contributed by atoms with Crippen LogP contribution in [-0.4, -0.2) is 46.8 Å². The van der Waals surface area contributed by atoms with E-state index in [9.17, 15) is 14.7 Å². The molecular weight excluding hydrogens is 319 g/mol. The zero-order valence-corrected chi connectivity index (χ0v) is 13.1. The summed E-state index contributed by atoms with van der Waals surface area (Å²) in [7, 11) is 1.56. The lowest BCUT2D eigenvalue weighted by Gasteiger charge is -2.19. The van der Waals surface area contributed by atoms with Gasteiger partial charge in [-0.05, 0) is 25.5 Å². The molecule has 8 heteroatoms. The van der Waals surface area contributed by atoms with Crippen LogP contribution in [0.2, 0.25) is 10.0 Å². The monoisotopic (exact) mass is 334 g/mol. The van der Waals surface area contributed by atoms with E-state index < -0.39 is 18.1 Å². The number of aliphatic hydroxyl groups is 1. The van der Waals surface area contributed by atoms with Crippen molar-refractivity contribution >= 4 is 40.9 Å². The highest BCUT2D eigenvalue weighted by molar-refractivity contribution is 6.40. The maximum Gasteiger partial charge on any atom is 0.335 e. The van der Waals surface area contributed by atoms with E-state index in [4.69, 9.17) is 28.3 Å². The highest BCUT2D eigenvalue weighted by atomic mass is 35.5. The molecular formula is C13H16Cl2N2O4. The number of amides is 2. The summed E-state index contributed by atoms with van der Waals surface area (Å²) in [6.07, 6.45) is -0.0779. The predicted octanol–water partition coefficient (Wildman–Crippen LogP) is 2.93. The van der Waals surface area contributed by atoms with E-state index in [1.54, 1.807) is 14.0 Å². The zero-order valence-electron chi connectivity index (χ0n) is 11.6. The van der Waals surface area contributed by atoms with Gasteiger partial charge in [-0.3, -0.25) is 0 Å². The minimum atomic E-state index is -1.16. The second-order valence-electron chi connectivity index (χ2n) is 4.61. The average molecular weight is 335 g/mol.